The summed E-state index contributed by atoms with van der Waals surface area (Å²) in [5, 5.41) is 3.63. The minimum absolute atomic E-state index is 0.0294. The summed E-state index contributed by atoms with van der Waals surface area (Å²) in [6, 6.07) is 5.65. The van der Waals surface area contributed by atoms with Crippen LogP contribution in [0.15, 0.2) is 23.1 Å². The van der Waals surface area contributed by atoms with Crippen molar-refractivity contribution in [2.75, 3.05) is 26.0 Å². The van der Waals surface area contributed by atoms with E-state index in [1.54, 1.807) is 25.7 Å². The van der Waals surface area contributed by atoms with Gasteiger partial charge in [0, 0.05) is 22.7 Å². The number of nitrogens with one attached hydrogen (secondary N) is 1. The Kier molecular flexibility index (Phi) is 5.97. The zero-order valence-corrected chi connectivity index (χ0v) is 14.2. The third-order valence-electron chi connectivity index (χ3n) is 3.31. The molecule has 0 radical (unpaired) electrons. The molecular formula is C15H19ClN2O3S. The predicted octanol–water partition coefficient (Wildman–Crippen LogP) is 3.08. The standard InChI is InChI=1S/C15H19ClN2O3S/c1-3-21-15(20)18(2)9-14(19)17-12-6-7-22-13-5-4-10(16)8-11(12)13/h4-5,8,12H,3,6-7,9H2,1-2H3,(H,17,19). The van der Waals surface area contributed by atoms with Gasteiger partial charge in [-0.25, -0.2) is 4.79 Å². The van der Waals surface area contributed by atoms with Gasteiger partial charge in [0.2, 0.25) is 5.91 Å². The van der Waals surface area contributed by atoms with Crippen LogP contribution in [-0.4, -0.2) is 42.9 Å². The lowest BCUT2D eigenvalue weighted by atomic mass is 10.0. The molecule has 120 valence electrons. The topological polar surface area (TPSA) is 58.6 Å². The Morgan fingerprint density at radius 2 is 2.27 bits per heavy atom. The number of hydrogen-bond acceptors (Lipinski definition) is 4. The zero-order valence-electron chi connectivity index (χ0n) is 12.6. The highest BCUT2D eigenvalue weighted by atomic mass is 35.5. The molecule has 0 spiro atoms. The van der Waals surface area contributed by atoms with Crippen LogP contribution >= 0.6 is 23.4 Å². The minimum atomic E-state index is -0.500. The number of benzene rings is 1. The largest absolute Gasteiger partial charge is 0.450 e. The highest BCUT2D eigenvalue weighted by Gasteiger charge is 2.23. The molecule has 1 heterocycles. The number of nitrogens with zero attached hydrogens (tertiary/aromatic N) is 1. The van der Waals surface area contributed by atoms with E-state index in [0.717, 1.165) is 22.6 Å². The van der Waals surface area contributed by atoms with Gasteiger partial charge in [-0.05, 0) is 37.1 Å². The van der Waals surface area contributed by atoms with Gasteiger partial charge >= 0.3 is 6.09 Å². The average Bonchev–Trinajstić information content (AvgIpc) is 2.48. The molecule has 22 heavy (non-hydrogen) atoms. The van der Waals surface area contributed by atoms with Crippen LogP contribution < -0.4 is 5.32 Å². The van der Waals surface area contributed by atoms with Crippen molar-refractivity contribution in [2.45, 2.75) is 24.3 Å². The molecule has 0 bridgehead atoms. The third-order valence-corrected chi connectivity index (χ3v) is 4.66. The van der Waals surface area contributed by atoms with Crippen LogP contribution in [0.2, 0.25) is 5.02 Å². The van der Waals surface area contributed by atoms with E-state index in [1.165, 1.54) is 4.90 Å². The summed E-state index contributed by atoms with van der Waals surface area (Å²) in [6.45, 7) is 1.99. The fourth-order valence-electron chi connectivity index (χ4n) is 2.27. The summed E-state index contributed by atoms with van der Waals surface area (Å²) in [7, 11) is 1.54. The van der Waals surface area contributed by atoms with Crippen molar-refractivity contribution >= 4 is 35.4 Å². The second-order valence-electron chi connectivity index (χ2n) is 4.99. The van der Waals surface area contributed by atoms with E-state index in [-0.39, 0.29) is 25.1 Å². The van der Waals surface area contributed by atoms with Crippen LogP contribution in [0.3, 0.4) is 0 Å². The minimum Gasteiger partial charge on any atom is -0.450 e. The Balaban J connectivity index is 1.98. The molecule has 1 aromatic carbocycles. The Morgan fingerprint density at radius 3 is 3.00 bits per heavy atom. The van der Waals surface area contributed by atoms with Crippen LogP contribution in [-0.2, 0) is 9.53 Å². The van der Waals surface area contributed by atoms with Gasteiger partial charge < -0.3 is 15.0 Å². The Hall–Kier alpha value is -1.40. The monoisotopic (exact) mass is 342 g/mol. The smallest absolute Gasteiger partial charge is 0.409 e. The fourth-order valence-corrected chi connectivity index (χ4v) is 3.55. The Bertz CT molecular complexity index is 568. The first-order chi connectivity index (χ1) is 10.5. The van der Waals surface area contributed by atoms with Gasteiger partial charge in [0.1, 0.15) is 6.54 Å². The number of thioether (sulfide) groups is 1. The number of halogens is 1. The quantitative estimate of drug-likeness (QED) is 0.913. The molecule has 0 saturated carbocycles. The number of ether oxygens (including phenoxy) is 1. The van der Waals surface area contributed by atoms with Crippen molar-refractivity contribution in [2.24, 2.45) is 0 Å². The number of likely N-dealkylation sites (N-methyl/N-ethyl adjacent to an activating group) is 1. The van der Waals surface area contributed by atoms with Crippen molar-refractivity contribution in [1.29, 1.82) is 0 Å². The summed E-state index contributed by atoms with van der Waals surface area (Å²) in [5.74, 6) is 0.728. The first-order valence-corrected chi connectivity index (χ1v) is 8.47. The Morgan fingerprint density at radius 1 is 1.50 bits per heavy atom. The summed E-state index contributed by atoms with van der Waals surface area (Å²) in [4.78, 5) is 26.0. The maximum absolute atomic E-state index is 12.1. The molecule has 7 heteroatoms. The van der Waals surface area contributed by atoms with Crippen molar-refractivity contribution in [1.82, 2.24) is 10.2 Å². The fraction of sp³-hybridized carbons (Fsp3) is 0.467. The summed E-state index contributed by atoms with van der Waals surface area (Å²) < 4.78 is 4.85. The average molecular weight is 343 g/mol. The molecule has 2 rings (SSSR count). The van der Waals surface area contributed by atoms with E-state index in [2.05, 4.69) is 5.32 Å². The van der Waals surface area contributed by atoms with Crippen LogP contribution in [0.4, 0.5) is 4.79 Å². The van der Waals surface area contributed by atoms with Gasteiger partial charge in [-0.3, -0.25) is 4.79 Å². The molecule has 0 aliphatic carbocycles. The molecule has 0 aromatic heterocycles. The second-order valence-corrected chi connectivity index (χ2v) is 6.57. The van der Waals surface area contributed by atoms with Gasteiger partial charge in [0.15, 0.2) is 0 Å². The molecule has 1 aliphatic rings. The van der Waals surface area contributed by atoms with Crippen molar-refractivity contribution in [3.05, 3.63) is 28.8 Å². The van der Waals surface area contributed by atoms with E-state index in [0.29, 0.717) is 5.02 Å². The van der Waals surface area contributed by atoms with Crippen molar-refractivity contribution in [3.8, 4) is 0 Å². The lowest BCUT2D eigenvalue weighted by Gasteiger charge is -2.27. The molecule has 0 saturated heterocycles. The Labute approximate surface area is 139 Å². The van der Waals surface area contributed by atoms with E-state index in [9.17, 15) is 9.59 Å². The van der Waals surface area contributed by atoms with E-state index >= 15 is 0 Å². The van der Waals surface area contributed by atoms with Crippen molar-refractivity contribution in [3.63, 3.8) is 0 Å². The summed E-state index contributed by atoms with van der Waals surface area (Å²) in [6.07, 6.45) is 0.340. The third kappa shape index (κ3) is 4.30. The van der Waals surface area contributed by atoms with Gasteiger partial charge in [0.25, 0.3) is 0 Å². The number of amides is 2. The number of carbonyl (C=O) groups is 2. The van der Waals surface area contributed by atoms with Crippen LogP contribution in [0, 0.1) is 0 Å². The highest BCUT2D eigenvalue weighted by Crippen LogP contribution is 2.37. The number of fused-ring (bicyclic) bond motifs is 1. The molecule has 1 atom stereocenters. The van der Waals surface area contributed by atoms with Crippen LogP contribution in [0.5, 0.6) is 0 Å². The molecule has 0 fully saturated rings. The molecule has 1 aliphatic heterocycles. The van der Waals surface area contributed by atoms with Gasteiger partial charge in [-0.15, -0.1) is 11.8 Å². The summed E-state index contributed by atoms with van der Waals surface area (Å²) in [5.41, 5.74) is 1.04. The number of carbonyl (C=O) groups excluding carboxylic acids is 2. The highest BCUT2D eigenvalue weighted by molar-refractivity contribution is 7.99. The van der Waals surface area contributed by atoms with Gasteiger partial charge in [-0.1, -0.05) is 11.6 Å². The number of rotatable bonds is 4. The van der Waals surface area contributed by atoms with E-state index in [1.807, 2.05) is 18.2 Å². The first-order valence-electron chi connectivity index (χ1n) is 7.10. The normalized spacial score (nSPS) is 16.6. The SMILES string of the molecule is CCOC(=O)N(C)CC(=O)NC1CCSc2ccc(Cl)cc21. The lowest BCUT2D eigenvalue weighted by molar-refractivity contribution is -0.122. The summed E-state index contributed by atoms with van der Waals surface area (Å²) >= 11 is 7.81. The van der Waals surface area contributed by atoms with Gasteiger partial charge in [0.05, 0.1) is 12.6 Å². The molecule has 1 unspecified atom stereocenters. The molecule has 1 aromatic rings. The van der Waals surface area contributed by atoms with E-state index in [4.69, 9.17) is 16.3 Å². The van der Waals surface area contributed by atoms with Crippen LogP contribution in [0.1, 0.15) is 24.9 Å². The van der Waals surface area contributed by atoms with Crippen LogP contribution in [0.25, 0.3) is 0 Å². The zero-order chi connectivity index (χ0) is 16.1. The lowest BCUT2D eigenvalue weighted by Crippen LogP contribution is -2.40. The van der Waals surface area contributed by atoms with Crippen molar-refractivity contribution < 1.29 is 14.3 Å². The van der Waals surface area contributed by atoms with E-state index < -0.39 is 6.09 Å². The second kappa shape index (κ2) is 7.74. The first kappa shape index (κ1) is 17.0. The molecule has 5 nitrogen and oxygen atoms in total. The van der Waals surface area contributed by atoms with Gasteiger partial charge in [-0.2, -0.15) is 0 Å². The molecule has 1 N–H and O–H groups in total. The maximum Gasteiger partial charge on any atom is 0.409 e. The number of hydrogen-bond donors (Lipinski definition) is 1. The molecular weight excluding hydrogens is 324 g/mol. The maximum atomic E-state index is 12.1. The molecule has 2 amide bonds. The predicted molar refractivity (Wildman–Crippen MR) is 87.3 cm³/mol.